The molecular weight excluding hydrogens is 222 g/mol. The fourth-order valence-electron chi connectivity index (χ4n) is 0.976. The lowest BCUT2D eigenvalue weighted by Crippen LogP contribution is -2.27. The summed E-state index contributed by atoms with van der Waals surface area (Å²) in [5, 5.41) is 0. The Bertz CT molecular complexity index is 160. The second-order valence-electron chi connectivity index (χ2n) is 4.99. The molecule has 0 radical (unpaired) electrons. The highest BCUT2D eigenvalue weighted by Crippen LogP contribution is 2.01. The third-order valence-electron chi connectivity index (χ3n) is 1.82. The van der Waals surface area contributed by atoms with Crippen LogP contribution in [0.15, 0.2) is 0 Å². The van der Waals surface area contributed by atoms with Crippen molar-refractivity contribution >= 4 is 8.32 Å². The van der Waals surface area contributed by atoms with E-state index in [0.29, 0.717) is 26.4 Å². The Morgan fingerprint density at radius 2 is 1.31 bits per heavy atom. The molecule has 4 nitrogen and oxygen atoms in total. The molecule has 0 aromatic heterocycles. The summed E-state index contributed by atoms with van der Waals surface area (Å²) in [5.74, 6) is 0. The topological polar surface area (TPSA) is 30.9 Å². The minimum Gasteiger partial charge on any atom is -0.415 e. The molecular formula is C11H27NO3Si. The average molecular weight is 249 g/mol. The first kappa shape index (κ1) is 16.1. The maximum atomic E-state index is 5.65. The van der Waals surface area contributed by atoms with Crippen LogP contribution in [0.1, 0.15) is 0 Å². The molecule has 0 rings (SSSR count). The smallest absolute Gasteiger partial charge is 0.183 e. The van der Waals surface area contributed by atoms with Gasteiger partial charge in [0.1, 0.15) is 0 Å². The second kappa shape index (κ2) is 9.12. The van der Waals surface area contributed by atoms with Crippen molar-refractivity contribution in [3.63, 3.8) is 0 Å². The highest BCUT2D eigenvalue weighted by atomic mass is 28.4. The van der Waals surface area contributed by atoms with Gasteiger partial charge < -0.3 is 18.8 Å². The van der Waals surface area contributed by atoms with Crippen LogP contribution in [-0.4, -0.2) is 66.9 Å². The van der Waals surface area contributed by atoms with Crippen LogP contribution in [0.25, 0.3) is 0 Å². The van der Waals surface area contributed by atoms with E-state index in [1.165, 1.54) is 0 Å². The van der Waals surface area contributed by atoms with Gasteiger partial charge in [-0.2, -0.15) is 0 Å². The van der Waals surface area contributed by atoms with Crippen LogP contribution in [0.4, 0.5) is 0 Å². The van der Waals surface area contributed by atoms with Gasteiger partial charge in [0, 0.05) is 6.54 Å². The van der Waals surface area contributed by atoms with Crippen LogP contribution in [0.5, 0.6) is 0 Å². The number of likely N-dealkylation sites (N-methyl/N-ethyl adjacent to an activating group) is 1. The van der Waals surface area contributed by atoms with E-state index < -0.39 is 8.32 Å². The number of hydrogen-bond donors (Lipinski definition) is 0. The molecule has 0 heterocycles. The van der Waals surface area contributed by atoms with Crippen molar-refractivity contribution in [2.75, 3.05) is 53.7 Å². The highest BCUT2D eigenvalue weighted by Gasteiger charge is 2.12. The van der Waals surface area contributed by atoms with E-state index in [-0.39, 0.29) is 0 Å². The van der Waals surface area contributed by atoms with Crippen LogP contribution >= 0.6 is 0 Å². The largest absolute Gasteiger partial charge is 0.415 e. The Morgan fingerprint density at radius 1 is 0.812 bits per heavy atom. The quantitative estimate of drug-likeness (QED) is 0.433. The van der Waals surface area contributed by atoms with Crippen molar-refractivity contribution in [1.29, 1.82) is 0 Å². The van der Waals surface area contributed by atoms with Crippen molar-refractivity contribution in [2.45, 2.75) is 19.6 Å². The van der Waals surface area contributed by atoms with Gasteiger partial charge in [-0.25, -0.2) is 0 Å². The summed E-state index contributed by atoms with van der Waals surface area (Å²) in [7, 11) is 2.70. The molecule has 0 bridgehead atoms. The van der Waals surface area contributed by atoms with E-state index in [4.69, 9.17) is 13.9 Å². The first-order valence-electron chi connectivity index (χ1n) is 5.86. The molecule has 0 amide bonds. The molecule has 0 N–H and O–H groups in total. The minimum absolute atomic E-state index is 0.655. The molecule has 0 spiro atoms. The summed E-state index contributed by atoms with van der Waals surface area (Å²) in [4.78, 5) is 2.10. The summed E-state index contributed by atoms with van der Waals surface area (Å²) in [6, 6.07) is 0. The Kier molecular flexibility index (Phi) is 9.16. The lowest BCUT2D eigenvalue weighted by Gasteiger charge is -2.16. The number of nitrogens with zero attached hydrogens (tertiary/aromatic N) is 1. The van der Waals surface area contributed by atoms with Gasteiger partial charge in [-0.05, 0) is 33.7 Å². The molecule has 0 saturated carbocycles. The lowest BCUT2D eigenvalue weighted by atomic mass is 10.6. The number of rotatable bonds is 10. The Hall–Kier alpha value is 0.0569. The Morgan fingerprint density at radius 3 is 1.81 bits per heavy atom. The zero-order valence-corrected chi connectivity index (χ0v) is 12.4. The predicted octanol–water partition coefficient (Wildman–Crippen LogP) is 1.43. The van der Waals surface area contributed by atoms with Crippen LogP contribution in [0.3, 0.4) is 0 Å². The van der Waals surface area contributed by atoms with Crippen molar-refractivity contribution < 1.29 is 13.9 Å². The van der Waals surface area contributed by atoms with Crippen molar-refractivity contribution in [3.8, 4) is 0 Å². The van der Waals surface area contributed by atoms with Gasteiger partial charge in [0.2, 0.25) is 0 Å². The van der Waals surface area contributed by atoms with Gasteiger partial charge in [0.15, 0.2) is 8.32 Å². The van der Waals surface area contributed by atoms with Crippen molar-refractivity contribution in [2.24, 2.45) is 0 Å². The van der Waals surface area contributed by atoms with E-state index >= 15 is 0 Å². The van der Waals surface area contributed by atoms with Crippen LogP contribution in [0.2, 0.25) is 19.6 Å². The lowest BCUT2D eigenvalue weighted by molar-refractivity contribution is 0.0316. The molecule has 0 aromatic carbocycles. The Labute approximate surface area is 101 Å². The molecule has 5 heteroatoms. The molecule has 0 aliphatic rings. The maximum absolute atomic E-state index is 5.65. The molecule has 98 valence electrons. The van der Waals surface area contributed by atoms with Gasteiger partial charge >= 0.3 is 0 Å². The van der Waals surface area contributed by atoms with Crippen LogP contribution in [0, 0.1) is 0 Å². The second-order valence-corrected chi connectivity index (χ2v) is 9.50. The number of ether oxygens (including phenoxy) is 2. The van der Waals surface area contributed by atoms with E-state index in [2.05, 4.69) is 24.5 Å². The van der Waals surface area contributed by atoms with Crippen molar-refractivity contribution in [3.05, 3.63) is 0 Å². The normalized spacial score (nSPS) is 12.4. The third kappa shape index (κ3) is 14.1. The molecule has 0 fully saturated rings. The first-order valence-corrected chi connectivity index (χ1v) is 9.27. The predicted molar refractivity (Wildman–Crippen MR) is 69.5 cm³/mol. The van der Waals surface area contributed by atoms with Gasteiger partial charge in [-0.1, -0.05) is 0 Å². The SMILES string of the molecule is CN(C)CCOCCOCCO[Si](C)(C)C. The highest BCUT2D eigenvalue weighted by molar-refractivity contribution is 6.69. The van der Waals surface area contributed by atoms with Gasteiger partial charge in [0.05, 0.1) is 33.0 Å². The fraction of sp³-hybridized carbons (Fsp3) is 1.00. The monoisotopic (exact) mass is 249 g/mol. The van der Waals surface area contributed by atoms with Gasteiger partial charge in [-0.15, -0.1) is 0 Å². The van der Waals surface area contributed by atoms with Gasteiger partial charge in [-0.3, -0.25) is 0 Å². The molecule has 0 aliphatic heterocycles. The molecule has 0 aromatic rings. The standard InChI is InChI=1S/C11H27NO3Si/c1-12(2)6-7-13-8-9-14-10-11-15-16(3,4)5/h6-11H2,1-5H3. The van der Waals surface area contributed by atoms with E-state index in [0.717, 1.165) is 13.2 Å². The summed E-state index contributed by atoms with van der Waals surface area (Å²) in [5.41, 5.74) is 0. The molecule has 0 saturated heterocycles. The van der Waals surface area contributed by atoms with E-state index in [9.17, 15) is 0 Å². The van der Waals surface area contributed by atoms with Crippen molar-refractivity contribution in [1.82, 2.24) is 4.90 Å². The average Bonchev–Trinajstić information content (AvgIpc) is 2.13. The maximum Gasteiger partial charge on any atom is 0.183 e. The molecule has 0 atom stereocenters. The summed E-state index contributed by atoms with van der Waals surface area (Å²) in [6.45, 7) is 10.9. The van der Waals surface area contributed by atoms with E-state index in [1.54, 1.807) is 0 Å². The number of hydrogen-bond acceptors (Lipinski definition) is 4. The zero-order chi connectivity index (χ0) is 12.4. The third-order valence-corrected chi connectivity index (χ3v) is 2.89. The fourth-order valence-corrected chi connectivity index (χ4v) is 1.67. The van der Waals surface area contributed by atoms with Crippen LogP contribution < -0.4 is 0 Å². The molecule has 16 heavy (non-hydrogen) atoms. The Balaban J connectivity index is 3.05. The molecule has 0 aliphatic carbocycles. The summed E-state index contributed by atoms with van der Waals surface area (Å²) in [6.07, 6.45) is 0. The van der Waals surface area contributed by atoms with E-state index in [1.807, 2.05) is 14.1 Å². The van der Waals surface area contributed by atoms with Crippen LogP contribution in [-0.2, 0) is 13.9 Å². The first-order chi connectivity index (χ1) is 7.42. The molecule has 0 unspecified atom stereocenters. The summed E-state index contributed by atoms with van der Waals surface area (Å²) >= 11 is 0. The zero-order valence-electron chi connectivity index (χ0n) is 11.4. The van der Waals surface area contributed by atoms with Gasteiger partial charge in [0.25, 0.3) is 0 Å². The minimum atomic E-state index is -1.37. The summed E-state index contributed by atoms with van der Waals surface area (Å²) < 4.78 is 16.4.